The van der Waals surface area contributed by atoms with Crippen molar-refractivity contribution in [2.45, 2.75) is 44.3 Å². The van der Waals surface area contributed by atoms with Gasteiger partial charge in [0.05, 0.1) is 25.7 Å². The van der Waals surface area contributed by atoms with Crippen LogP contribution in [0, 0.1) is 0 Å². The highest BCUT2D eigenvalue weighted by Crippen LogP contribution is 2.26. The van der Waals surface area contributed by atoms with Crippen LogP contribution in [0.5, 0.6) is 5.75 Å². The number of fused-ring (bicyclic) bond motifs is 1. The number of benzene rings is 3. The first-order valence-electron chi connectivity index (χ1n) is 14.6. The maximum absolute atomic E-state index is 13.6. The Morgan fingerprint density at radius 3 is 2.60 bits per heavy atom. The molecule has 0 unspecified atom stereocenters. The van der Waals surface area contributed by atoms with Gasteiger partial charge in [-0.1, -0.05) is 60.7 Å². The molecule has 6 rings (SSSR count). The number of amides is 1. The summed E-state index contributed by atoms with van der Waals surface area (Å²) < 4.78 is 7.56. The summed E-state index contributed by atoms with van der Waals surface area (Å²) in [5.41, 5.74) is 4.55. The lowest BCUT2D eigenvalue weighted by molar-refractivity contribution is -0.124. The molecule has 3 aromatic carbocycles. The molecule has 0 spiro atoms. The van der Waals surface area contributed by atoms with Crippen LogP contribution >= 0.6 is 0 Å². The van der Waals surface area contributed by atoms with Crippen LogP contribution in [0.1, 0.15) is 40.8 Å². The molecule has 3 heterocycles. The van der Waals surface area contributed by atoms with E-state index < -0.39 is 0 Å². The van der Waals surface area contributed by atoms with Gasteiger partial charge in [0.15, 0.2) is 5.82 Å². The van der Waals surface area contributed by atoms with Crippen LogP contribution in [0.15, 0.2) is 85.1 Å². The van der Waals surface area contributed by atoms with Gasteiger partial charge >= 0.3 is 0 Å². The second-order valence-electron chi connectivity index (χ2n) is 10.7. The Morgan fingerprint density at radius 1 is 1.00 bits per heavy atom. The van der Waals surface area contributed by atoms with Gasteiger partial charge in [-0.15, -0.1) is 10.2 Å². The molecule has 216 valence electrons. The van der Waals surface area contributed by atoms with Gasteiger partial charge in [-0.05, 0) is 54.3 Å². The zero-order valence-corrected chi connectivity index (χ0v) is 23.8. The molecule has 0 saturated carbocycles. The predicted octanol–water partition coefficient (Wildman–Crippen LogP) is 3.91. The molecule has 2 aromatic heterocycles. The number of carbonyl (C=O) groups is 1. The molecule has 1 amide bonds. The molecule has 9 heteroatoms. The number of aromatic nitrogens is 4. The van der Waals surface area contributed by atoms with E-state index in [4.69, 9.17) is 14.9 Å². The van der Waals surface area contributed by atoms with Crippen molar-refractivity contribution in [3.63, 3.8) is 0 Å². The number of rotatable bonds is 11. The van der Waals surface area contributed by atoms with Crippen LogP contribution < -0.4 is 20.7 Å². The number of aryl methyl sites for hydroxylation is 2. The van der Waals surface area contributed by atoms with Crippen molar-refractivity contribution in [3.8, 4) is 5.75 Å². The minimum absolute atomic E-state index is 0.0221. The van der Waals surface area contributed by atoms with Crippen molar-refractivity contribution >= 4 is 16.8 Å². The minimum atomic E-state index is -0.371. The van der Waals surface area contributed by atoms with E-state index in [2.05, 4.69) is 74.0 Å². The molecule has 0 bridgehead atoms. The maximum atomic E-state index is 13.6. The molecular weight excluding hydrogens is 526 g/mol. The summed E-state index contributed by atoms with van der Waals surface area (Å²) in [6, 6.07) is 26.1. The molecule has 0 aliphatic carbocycles. The fraction of sp³-hybridized carbons (Fsp3) is 0.303. The number of nitrogens with one attached hydrogen (secondary N) is 4. The van der Waals surface area contributed by atoms with Crippen molar-refractivity contribution in [3.05, 3.63) is 113 Å². The Bertz CT molecular complexity index is 1600. The van der Waals surface area contributed by atoms with Crippen LogP contribution in [0.2, 0.25) is 0 Å². The molecule has 1 saturated heterocycles. The Balaban J connectivity index is 1.36. The number of hydrogen-bond acceptors (Lipinski definition) is 6. The van der Waals surface area contributed by atoms with E-state index in [1.54, 1.807) is 7.11 Å². The highest BCUT2D eigenvalue weighted by Gasteiger charge is 2.28. The van der Waals surface area contributed by atoms with E-state index >= 15 is 0 Å². The van der Waals surface area contributed by atoms with E-state index in [0.717, 1.165) is 65.2 Å². The number of ether oxygens (including phenoxy) is 1. The van der Waals surface area contributed by atoms with Crippen molar-refractivity contribution in [2.75, 3.05) is 20.3 Å². The van der Waals surface area contributed by atoms with Crippen molar-refractivity contribution in [1.82, 2.24) is 35.7 Å². The fourth-order valence-corrected chi connectivity index (χ4v) is 5.63. The first kappa shape index (κ1) is 27.7. The standard InChI is InChI=1S/C33H37N7O2/c1-42-26-14-11-24(12-15-26)21-40-31(16-13-23-7-3-2-4-8-23)38-39-32(40)30(37-33(41)29-17-18-34-22-36-29)19-25-20-35-28-10-6-5-9-27(25)28/h2-12,14-15,20,29-30,34-36H,13,16-19,21-22H2,1H3,(H,37,41)/t29-,30-/m1/s1. The highest BCUT2D eigenvalue weighted by atomic mass is 16.5. The molecule has 1 aliphatic heterocycles. The van der Waals surface area contributed by atoms with Gasteiger partial charge in [-0.25, -0.2) is 0 Å². The first-order chi connectivity index (χ1) is 20.7. The number of para-hydroxylation sites is 1. The van der Waals surface area contributed by atoms with E-state index in [-0.39, 0.29) is 18.0 Å². The lowest BCUT2D eigenvalue weighted by Crippen LogP contribution is -2.53. The van der Waals surface area contributed by atoms with Crippen LogP contribution in [0.25, 0.3) is 10.9 Å². The summed E-state index contributed by atoms with van der Waals surface area (Å²) >= 11 is 0. The van der Waals surface area contributed by atoms with Crippen LogP contribution in [-0.2, 0) is 30.6 Å². The van der Waals surface area contributed by atoms with Gasteiger partial charge in [0.1, 0.15) is 11.6 Å². The molecular formula is C33H37N7O2. The molecule has 0 radical (unpaired) electrons. The lowest BCUT2D eigenvalue weighted by atomic mass is 10.0. The Hall–Kier alpha value is -4.47. The fourth-order valence-electron chi connectivity index (χ4n) is 5.63. The summed E-state index contributed by atoms with van der Waals surface area (Å²) in [5, 5.41) is 20.5. The Kier molecular flexibility index (Phi) is 8.58. The number of aromatic amines is 1. The molecule has 9 nitrogen and oxygen atoms in total. The molecule has 5 aromatic rings. The summed E-state index contributed by atoms with van der Waals surface area (Å²) in [5.74, 6) is 2.43. The summed E-state index contributed by atoms with van der Waals surface area (Å²) in [4.78, 5) is 16.9. The molecule has 4 N–H and O–H groups in total. The van der Waals surface area contributed by atoms with E-state index in [1.165, 1.54) is 5.56 Å². The average Bonchev–Trinajstić information content (AvgIpc) is 3.64. The smallest absolute Gasteiger partial charge is 0.237 e. The van der Waals surface area contributed by atoms with Crippen LogP contribution in [0.4, 0.5) is 0 Å². The van der Waals surface area contributed by atoms with Crippen molar-refractivity contribution in [2.24, 2.45) is 0 Å². The van der Waals surface area contributed by atoms with Gasteiger partial charge in [0.25, 0.3) is 0 Å². The summed E-state index contributed by atoms with van der Waals surface area (Å²) in [7, 11) is 1.67. The van der Waals surface area contributed by atoms with E-state index in [0.29, 0.717) is 19.6 Å². The second kappa shape index (κ2) is 13.0. The topological polar surface area (TPSA) is 109 Å². The number of hydrogen-bond donors (Lipinski definition) is 4. The van der Waals surface area contributed by atoms with Crippen LogP contribution in [0.3, 0.4) is 0 Å². The Morgan fingerprint density at radius 2 is 1.81 bits per heavy atom. The zero-order chi connectivity index (χ0) is 28.7. The van der Waals surface area contributed by atoms with Crippen molar-refractivity contribution in [1.29, 1.82) is 0 Å². The third-order valence-electron chi connectivity index (χ3n) is 7.96. The molecule has 42 heavy (non-hydrogen) atoms. The molecule has 1 aliphatic rings. The van der Waals surface area contributed by atoms with Crippen molar-refractivity contribution < 1.29 is 9.53 Å². The average molecular weight is 564 g/mol. The van der Waals surface area contributed by atoms with E-state index in [9.17, 15) is 4.79 Å². The monoisotopic (exact) mass is 563 g/mol. The van der Waals surface area contributed by atoms with Gasteiger partial charge < -0.3 is 24.9 Å². The molecule has 1 fully saturated rings. The number of H-pyrrole nitrogens is 1. The normalized spacial score (nSPS) is 15.9. The van der Waals surface area contributed by atoms with E-state index in [1.807, 2.05) is 36.5 Å². The highest BCUT2D eigenvalue weighted by molar-refractivity contribution is 5.84. The van der Waals surface area contributed by atoms with Gasteiger partial charge in [0.2, 0.25) is 5.91 Å². The quantitative estimate of drug-likeness (QED) is 0.194. The zero-order valence-electron chi connectivity index (χ0n) is 23.8. The SMILES string of the molecule is COc1ccc(Cn2c(CCc3ccccc3)nnc2[C@@H](Cc2c[nH]c3ccccc23)NC(=O)[C@H]2CCNCN2)cc1. The first-order valence-corrected chi connectivity index (χ1v) is 14.6. The number of methoxy groups -OCH3 is 1. The third-order valence-corrected chi connectivity index (χ3v) is 7.96. The van der Waals surface area contributed by atoms with Crippen LogP contribution in [-0.4, -0.2) is 52.0 Å². The Labute approximate surface area is 245 Å². The summed E-state index contributed by atoms with van der Waals surface area (Å²) in [6.07, 6.45) is 4.93. The van der Waals surface area contributed by atoms with Gasteiger partial charge in [0, 0.05) is 36.6 Å². The third kappa shape index (κ3) is 6.37. The lowest BCUT2D eigenvalue weighted by Gasteiger charge is -2.26. The summed E-state index contributed by atoms with van der Waals surface area (Å²) in [6.45, 7) is 2.00. The minimum Gasteiger partial charge on any atom is -0.497 e. The number of carbonyl (C=O) groups excluding carboxylic acids is 1. The number of nitrogens with zero attached hydrogens (tertiary/aromatic N) is 3. The largest absolute Gasteiger partial charge is 0.497 e. The van der Waals surface area contributed by atoms with Gasteiger partial charge in [-0.3, -0.25) is 10.1 Å². The predicted molar refractivity (Wildman–Crippen MR) is 163 cm³/mol. The molecule has 2 atom stereocenters. The maximum Gasteiger partial charge on any atom is 0.237 e. The second-order valence-corrected chi connectivity index (χ2v) is 10.7. The van der Waals surface area contributed by atoms with Gasteiger partial charge in [-0.2, -0.15) is 0 Å².